The van der Waals surface area contributed by atoms with Crippen LogP contribution in [0.3, 0.4) is 0 Å². The lowest BCUT2D eigenvalue weighted by atomic mass is 9.98. The third kappa shape index (κ3) is 32.6. The molecular weight excluding hydrogens is 1690 g/mol. The van der Waals surface area contributed by atoms with Gasteiger partial charge in [-0.1, -0.05) is 241 Å². The lowest BCUT2D eigenvalue weighted by molar-refractivity contribution is -0.145. The number of aliphatic hydroxyl groups excluding tert-OH is 2. The van der Waals surface area contributed by atoms with Crippen LogP contribution in [0.25, 0.3) is 33.0 Å². The van der Waals surface area contributed by atoms with E-state index >= 15 is 0 Å². The number of fused-ring (bicyclic) bond motifs is 7. The quantitative estimate of drug-likeness (QED) is 0.00563. The van der Waals surface area contributed by atoms with Crippen molar-refractivity contribution in [3.05, 3.63) is 239 Å². The predicted molar refractivity (Wildman–Crippen MR) is 514 cm³/mol. The number of aliphatic hydroxyl groups is 2. The Balaban J connectivity index is 0.912. The van der Waals surface area contributed by atoms with E-state index in [2.05, 4.69) is 88.3 Å². The molecule has 0 radical (unpaired) electrons. The number of nitrogens with zero attached hydrogens (tertiary/aromatic N) is 1. The molecule has 28 heteroatoms. The molecule has 0 spiro atoms. The van der Waals surface area contributed by atoms with E-state index in [-0.39, 0.29) is 64.9 Å². The Kier molecular flexibility index (Phi) is 42.5. The monoisotopic (exact) mass is 1810 g/mol. The molecule has 0 saturated heterocycles. The number of rotatable bonds is 53. The summed E-state index contributed by atoms with van der Waals surface area (Å²) >= 11 is 2.60. The van der Waals surface area contributed by atoms with E-state index in [1.165, 1.54) is 68.9 Å². The van der Waals surface area contributed by atoms with E-state index in [9.17, 15) is 57.0 Å². The van der Waals surface area contributed by atoms with Crippen LogP contribution in [0.2, 0.25) is 0 Å². The molecule has 2 aliphatic carbocycles. The van der Waals surface area contributed by atoms with Crippen molar-refractivity contribution in [3.8, 4) is 22.3 Å². The molecule has 0 aromatic heterocycles. The van der Waals surface area contributed by atoms with Gasteiger partial charge < -0.3 is 61.2 Å². The van der Waals surface area contributed by atoms with Crippen LogP contribution in [0.5, 0.6) is 0 Å². The lowest BCUT2D eigenvalue weighted by Gasteiger charge is -2.27. The SMILES string of the molecule is C=C(C)CCC/C(C)=C/CC/C(C)=C/CC/C(C)=C/CSC[C@H](NC(=O)[C@H](CO)NC(=O)[C@H](CCC(=O)OCC1c2ccccc2-c2ccccc21)NC(=O)[C@H](CSSC(C)(C)C)NC(=O)OCC1c2ccccc2-c2ccccc21)C(=O)N[C@@H](CO)C(=O)N[C@@H](CSC/C=C/CC/C=C/CC/C=C/CNS(=O)(=O)c1cccc2c(N(C)C)cccc12)C(=O)OC. The molecule has 6 atom stereocenters. The number of amides is 6. The van der Waals surface area contributed by atoms with Crippen LogP contribution in [0.4, 0.5) is 10.5 Å². The number of nitrogens with one attached hydrogen (secondary N) is 7. The lowest BCUT2D eigenvalue weighted by Crippen LogP contribution is -2.61. The third-order valence-corrected chi connectivity index (χ3v) is 28.1. The number of allylic oxidation sites excluding steroid dienone is 10. The van der Waals surface area contributed by atoms with Gasteiger partial charge in [0.15, 0.2) is 0 Å². The van der Waals surface area contributed by atoms with Gasteiger partial charge in [0.25, 0.3) is 0 Å². The number of carbonyl (C=O) groups excluding carboxylic acids is 8. The van der Waals surface area contributed by atoms with Crippen molar-refractivity contribution in [2.75, 3.05) is 87.8 Å². The molecule has 9 N–H and O–H groups in total. The van der Waals surface area contributed by atoms with Crippen molar-refractivity contribution >= 4 is 119 Å². The highest BCUT2D eigenvalue weighted by Gasteiger charge is 2.37. The zero-order chi connectivity index (χ0) is 91.1. The van der Waals surface area contributed by atoms with Crippen molar-refractivity contribution in [1.82, 2.24) is 36.6 Å². The van der Waals surface area contributed by atoms with E-state index in [4.69, 9.17) is 14.2 Å². The minimum Gasteiger partial charge on any atom is -0.467 e. The predicted octanol–water partition coefficient (Wildman–Crippen LogP) is 15.8. The number of benzene rings is 6. The van der Waals surface area contributed by atoms with Crippen LogP contribution in [-0.2, 0) is 57.8 Å². The molecule has 126 heavy (non-hydrogen) atoms. The first-order valence-corrected chi connectivity index (χ1v) is 49.1. The second-order valence-electron chi connectivity index (χ2n) is 32.7. The maximum atomic E-state index is 14.9. The smallest absolute Gasteiger partial charge is 0.407 e. The summed E-state index contributed by atoms with van der Waals surface area (Å²) in [5, 5.41) is 39.0. The van der Waals surface area contributed by atoms with Crippen molar-refractivity contribution in [2.45, 2.75) is 190 Å². The maximum absolute atomic E-state index is 14.9. The number of hydrogen-bond acceptors (Lipinski definition) is 20. The minimum absolute atomic E-state index is 0.0114. The summed E-state index contributed by atoms with van der Waals surface area (Å²) in [7, 11) is 4.00. The molecular formula is C98H126N8O15S5. The van der Waals surface area contributed by atoms with Gasteiger partial charge >= 0.3 is 18.0 Å². The van der Waals surface area contributed by atoms with Crippen molar-refractivity contribution in [3.63, 3.8) is 0 Å². The Bertz CT molecular complexity index is 4910. The molecule has 678 valence electrons. The number of carbonyl (C=O) groups is 8. The van der Waals surface area contributed by atoms with E-state index in [0.717, 1.165) is 132 Å². The van der Waals surface area contributed by atoms with Gasteiger partial charge in [-0.05, 0) is 161 Å². The standard InChI is InChI=1S/C98H126N8O15S5/c1-66(2)35-30-36-67(3)37-31-38-68(4)39-32-40-69(5)55-58-123-63-85(94(113)102-84(60-108)93(112)104-87(96(115)119-11)64-122-57-29-19-17-15-13-12-14-16-18-28-56-99-126(117,118)89-52-34-49-78-79(89)50-33-51-88(78)106(9)10)103-92(111)83(59-107)101-91(110)82(53-54-90(109)120-61-80-74-45-24-20-41-70(74)71-42-21-25-46-75(71)80)100-95(114)86(65-124-125-98(6,7)8)105-97(116)121-62-81-76-47-26-22-43-72(76)73-44-23-27-48-77(73)81/h12-13,18-29,33-34,37,39,41-52,55,80-87,99,107-108H,1,14-17,30-32,35-36,38,40,53-54,56-65H2,2-11H3,(H,100,114)(H,101,110)(H,102,113)(H,103,111)(H,104,112)(H,105,116)/b13-12+,28-18+,29-19+,67-37+,68-39+,69-55+/t82-,83-,84-,85-,86-,87-/m0/s1. The third-order valence-electron chi connectivity index (χ3n) is 21.3. The molecule has 0 aliphatic heterocycles. The normalized spacial score (nSPS) is 14.4. The first-order valence-electron chi connectivity index (χ1n) is 43.0. The summed E-state index contributed by atoms with van der Waals surface area (Å²) in [6.45, 7) is 16.4. The van der Waals surface area contributed by atoms with Crippen LogP contribution in [0.1, 0.15) is 166 Å². The van der Waals surface area contributed by atoms with Gasteiger partial charge in [-0.3, -0.25) is 28.8 Å². The summed E-state index contributed by atoms with van der Waals surface area (Å²) in [4.78, 5) is 117. The minimum atomic E-state index is -3.77. The van der Waals surface area contributed by atoms with E-state index in [0.29, 0.717) is 16.9 Å². The highest BCUT2D eigenvalue weighted by molar-refractivity contribution is 8.77. The van der Waals surface area contributed by atoms with Gasteiger partial charge in [-0.2, -0.15) is 23.5 Å². The number of esters is 2. The fourth-order valence-corrected chi connectivity index (χ4v) is 20.1. The summed E-state index contributed by atoms with van der Waals surface area (Å²) in [5.41, 5.74) is 13.8. The van der Waals surface area contributed by atoms with Crippen molar-refractivity contribution < 1.29 is 71.2 Å². The molecule has 0 heterocycles. The molecule has 0 unspecified atom stereocenters. The zero-order valence-electron chi connectivity index (χ0n) is 74.2. The Labute approximate surface area is 760 Å². The Morgan fingerprint density at radius 2 is 0.929 bits per heavy atom. The summed E-state index contributed by atoms with van der Waals surface area (Å²) < 4.78 is 45.9. The Morgan fingerprint density at radius 1 is 0.484 bits per heavy atom. The molecule has 6 aromatic carbocycles. The number of methoxy groups -OCH3 is 1. The summed E-state index contributed by atoms with van der Waals surface area (Å²) in [5.74, 6) is -6.12. The zero-order valence-corrected chi connectivity index (χ0v) is 78.3. The first-order chi connectivity index (χ1) is 60.5. The van der Waals surface area contributed by atoms with Crippen LogP contribution in [0, 0.1) is 0 Å². The number of sulfonamides is 1. The number of unbranched alkanes of at least 4 members (excludes halogenated alkanes) is 2. The van der Waals surface area contributed by atoms with Crippen LogP contribution in [-0.4, -0.2) is 190 Å². The van der Waals surface area contributed by atoms with Gasteiger partial charge in [0.1, 0.15) is 49.5 Å². The molecule has 8 rings (SSSR count). The highest BCUT2D eigenvalue weighted by Crippen LogP contribution is 2.46. The number of thioether (sulfide) groups is 2. The van der Waals surface area contributed by atoms with Gasteiger partial charge in [-0.25, -0.2) is 22.7 Å². The molecule has 0 saturated carbocycles. The Hall–Kier alpha value is -9.65. The second-order valence-corrected chi connectivity index (χ2v) is 39.8. The first kappa shape index (κ1) is 102. The number of hydrogen-bond donors (Lipinski definition) is 9. The average molecular weight is 1820 g/mol. The van der Waals surface area contributed by atoms with Crippen LogP contribution in [0.15, 0.2) is 222 Å². The average Bonchev–Trinajstić information content (AvgIpc) is 1.43. The van der Waals surface area contributed by atoms with Gasteiger partial charge in [0.2, 0.25) is 39.6 Å². The summed E-state index contributed by atoms with van der Waals surface area (Å²) in [6.07, 6.45) is 26.2. The van der Waals surface area contributed by atoms with Gasteiger partial charge in [0, 0.05) is 88.9 Å². The number of alkyl carbamates (subject to hydrolysis) is 1. The van der Waals surface area contributed by atoms with Crippen molar-refractivity contribution in [1.29, 1.82) is 0 Å². The number of ether oxygens (including phenoxy) is 3. The van der Waals surface area contributed by atoms with E-state index in [1.807, 2.05) is 192 Å². The van der Waals surface area contributed by atoms with E-state index in [1.54, 1.807) is 18.2 Å². The molecule has 6 aromatic rings. The molecule has 6 amide bonds. The molecule has 0 bridgehead atoms. The van der Waals surface area contributed by atoms with Crippen molar-refractivity contribution in [2.24, 2.45) is 0 Å². The van der Waals surface area contributed by atoms with Gasteiger partial charge in [-0.15, -0.1) is 6.58 Å². The Morgan fingerprint density at radius 3 is 1.46 bits per heavy atom. The topological polar surface area (TPSA) is 326 Å². The molecule has 2 aliphatic rings. The molecule has 0 fully saturated rings. The fourth-order valence-electron chi connectivity index (χ4n) is 14.5. The summed E-state index contributed by atoms with van der Waals surface area (Å²) in [6, 6.07) is 33.2. The highest BCUT2D eigenvalue weighted by atomic mass is 33.1. The second kappa shape index (κ2) is 52.6. The van der Waals surface area contributed by atoms with E-state index < -0.39 is 113 Å². The van der Waals surface area contributed by atoms with Gasteiger partial charge in [0.05, 0.1) is 25.2 Å². The number of anilines is 1. The molecule has 23 nitrogen and oxygen atoms in total. The fraction of sp³-hybridized carbons (Fsp3) is 0.429. The van der Waals surface area contributed by atoms with Crippen LogP contribution >= 0.6 is 45.1 Å². The maximum Gasteiger partial charge on any atom is 0.407 e. The van der Waals surface area contributed by atoms with Crippen LogP contribution < -0.4 is 41.5 Å². The largest absolute Gasteiger partial charge is 0.467 e.